The first kappa shape index (κ1) is 27.0. The van der Waals surface area contributed by atoms with Crippen LogP contribution < -0.4 is 29.1 Å². The van der Waals surface area contributed by atoms with E-state index in [0.717, 1.165) is 0 Å². The Labute approximate surface area is 243 Å². The summed E-state index contributed by atoms with van der Waals surface area (Å²) in [6.45, 7) is 1.45. The van der Waals surface area contributed by atoms with Gasteiger partial charge in [0.05, 0.1) is 28.5 Å². The normalized spacial score (nSPS) is 15.6. The van der Waals surface area contributed by atoms with Gasteiger partial charge in [-0.05, 0) is 48.4 Å². The van der Waals surface area contributed by atoms with E-state index in [0.29, 0.717) is 49.0 Å². The van der Waals surface area contributed by atoms with Gasteiger partial charge < -0.3 is 24.1 Å². The zero-order valence-electron chi connectivity index (χ0n) is 22.3. The van der Waals surface area contributed by atoms with Crippen LogP contribution in [0.2, 0.25) is 0 Å². The summed E-state index contributed by atoms with van der Waals surface area (Å²) in [4.78, 5) is 43.8. The maximum atomic E-state index is 14.0. The number of esters is 1. The predicted octanol–water partition coefficient (Wildman–Crippen LogP) is 3.13. The number of aliphatic carboxylic acids is 1. The molecule has 1 N–H and O–H groups in total. The lowest BCUT2D eigenvalue weighted by molar-refractivity contribution is -0.140. The molecule has 2 aliphatic heterocycles. The molecule has 11 heteroatoms. The molecular weight excluding hydrogens is 560 g/mol. The SMILES string of the molecule is CCOC(=O)C1=C(c2ccccc2)N=c2s/c(=C\c3cccc(OCC(=O)O)c3)c(=O)n2[C@@H]1c1ccc2c(c1)OCO2. The molecule has 42 heavy (non-hydrogen) atoms. The van der Waals surface area contributed by atoms with Crippen molar-refractivity contribution in [3.05, 3.63) is 115 Å². The monoisotopic (exact) mass is 584 g/mol. The van der Waals surface area contributed by atoms with E-state index in [2.05, 4.69) is 0 Å². The van der Waals surface area contributed by atoms with Crippen molar-refractivity contribution in [1.82, 2.24) is 4.57 Å². The molecule has 0 spiro atoms. The van der Waals surface area contributed by atoms with Crippen LogP contribution in [0.15, 0.2) is 88.2 Å². The van der Waals surface area contributed by atoms with Gasteiger partial charge in [-0.15, -0.1) is 0 Å². The van der Waals surface area contributed by atoms with Crippen molar-refractivity contribution in [2.75, 3.05) is 20.0 Å². The number of carboxylic acids is 1. The van der Waals surface area contributed by atoms with Gasteiger partial charge in [-0.1, -0.05) is 59.9 Å². The molecule has 0 amide bonds. The van der Waals surface area contributed by atoms with E-state index in [4.69, 9.17) is 29.0 Å². The molecule has 0 saturated carbocycles. The summed E-state index contributed by atoms with van der Waals surface area (Å²) in [6, 6.07) is 20.5. The Morgan fingerprint density at radius 1 is 1.07 bits per heavy atom. The molecule has 6 rings (SSSR count). The number of ether oxygens (including phenoxy) is 4. The number of nitrogens with zero attached hydrogens (tertiary/aromatic N) is 2. The van der Waals surface area contributed by atoms with Crippen LogP contribution in [0.4, 0.5) is 0 Å². The summed E-state index contributed by atoms with van der Waals surface area (Å²) in [5.74, 6) is -0.243. The van der Waals surface area contributed by atoms with Crippen LogP contribution in [0.3, 0.4) is 0 Å². The first-order valence-corrected chi connectivity index (χ1v) is 13.9. The Morgan fingerprint density at radius 2 is 1.88 bits per heavy atom. The van der Waals surface area contributed by atoms with Crippen LogP contribution in [-0.2, 0) is 14.3 Å². The number of carbonyl (C=O) groups excluding carboxylic acids is 1. The van der Waals surface area contributed by atoms with Gasteiger partial charge in [-0.3, -0.25) is 9.36 Å². The van der Waals surface area contributed by atoms with E-state index >= 15 is 0 Å². The molecule has 3 aromatic carbocycles. The molecule has 1 atom stereocenters. The fourth-order valence-electron chi connectivity index (χ4n) is 4.83. The fourth-order valence-corrected chi connectivity index (χ4v) is 5.83. The molecule has 3 heterocycles. The number of hydrogen-bond donors (Lipinski definition) is 1. The second-order valence-corrected chi connectivity index (χ2v) is 10.3. The number of carbonyl (C=O) groups is 2. The largest absolute Gasteiger partial charge is 0.482 e. The van der Waals surface area contributed by atoms with E-state index in [1.165, 1.54) is 15.9 Å². The number of fused-ring (bicyclic) bond motifs is 2. The number of hydrogen-bond acceptors (Lipinski definition) is 9. The summed E-state index contributed by atoms with van der Waals surface area (Å²) in [6.07, 6.45) is 1.68. The first-order chi connectivity index (χ1) is 20.4. The van der Waals surface area contributed by atoms with Crippen molar-refractivity contribution >= 4 is 35.0 Å². The van der Waals surface area contributed by atoms with Crippen molar-refractivity contribution in [3.63, 3.8) is 0 Å². The van der Waals surface area contributed by atoms with Crippen LogP contribution in [0, 0.1) is 0 Å². The molecule has 0 fully saturated rings. The van der Waals surface area contributed by atoms with Crippen molar-refractivity contribution in [1.29, 1.82) is 0 Å². The molecule has 1 aromatic heterocycles. The van der Waals surface area contributed by atoms with Crippen LogP contribution in [0.1, 0.15) is 29.7 Å². The van der Waals surface area contributed by atoms with Gasteiger partial charge >= 0.3 is 11.9 Å². The summed E-state index contributed by atoms with van der Waals surface area (Å²) in [5, 5.41) is 8.94. The molecule has 0 radical (unpaired) electrons. The van der Waals surface area contributed by atoms with E-state index in [-0.39, 0.29) is 24.5 Å². The lowest BCUT2D eigenvalue weighted by Crippen LogP contribution is -2.40. The second-order valence-electron chi connectivity index (χ2n) is 9.30. The predicted molar refractivity (Wildman–Crippen MR) is 153 cm³/mol. The molecular formula is C31H24N2O8S. The highest BCUT2D eigenvalue weighted by Crippen LogP contribution is 2.40. The molecule has 2 aliphatic rings. The number of carboxylic acid groups (broad SMARTS) is 1. The minimum Gasteiger partial charge on any atom is -0.482 e. The maximum Gasteiger partial charge on any atom is 0.341 e. The van der Waals surface area contributed by atoms with Crippen molar-refractivity contribution in [3.8, 4) is 17.2 Å². The first-order valence-electron chi connectivity index (χ1n) is 13.1. The maximum absolute atomic E-state index is 14.0. The van der Waals surface area contributed by atoms with E-state index in [1.807, 2.05) is 30.3 Å². The average Bonchev–Trinajstić information content (AvgIpc) is 3.59. The average molecular weight is 585 g/mol. The van der Waals surface area contributed by atoms with Crippen LogP contribution >= 0.6 is 11.3 Å². The Hall–Kier alpha value is -5.16. The minimum atomic E-state index is -1.09. The van der Waals surface area contributed by atoms with Gasteiger partial charge in [0.2, 0.25) is 6.79 Å². The summed E-state index contributed by atoms with van der Waals surface area (Å²) >= 11 is 1.18. The van der Waals surface area contributed by atoms with Crippen LogP contribution in [-0.4, -0.2) is 41.6 Å². The lowest BCUT2D eigenvalue weighted by Gasteiger charge is -2.26. The van der Waals surface area contributed by atoms with Crippen molar-refractivity contribution < 1.29 is 33.6 Å². The quantitative estimate of drug-likeness (QED) is 0.313. The minimum absolute atomic E-state index is 0.0760. The Bertz CT molecular complexity index is 1910. The zero-order chi connectivity index (χ0) is 29.2. The van der Waals surface area contributed by atoms with E-state index < -0.39 is 24.6 Å². The summed E-state index contributed by atoms with van der Waals surface area (Å²) in [5.41, 5.74) is 2.25. The lowest BCUT2D eigenvalue weighted by atomic mass is 9.93. The highest BCUT2D eigenvalue weighted by Gasteiger charge is 2.36. The molecule has 212 valence electrons. The Balaban J connectivity index is 1.57. The number of rotatable bonds is 8. The molecule has 4 aromatic rings. The van der Waals surface area contributed by atoms with Crippen LogP contribution in [0.25, 0.3) is 11.8 Å². The highest BCUT2D eigenvalue weighted by atomic mass is 32.1. The van der Waals surface area contributed by atoms with Gasteiger partial charge in [0.15, 0.2) is 22.9 Å². The number of benzene rings is 3. The molecule has 10 nitrogen and oxygen atoms in total. The van der Waals surface area contributed by atoms with E-state index in [9.17, 15) is 14.4 Å². The van der Waals surface area contributed by atoms with Gasteiger partial charge in [-0.25, -0.2) is 14.6 Å². The smallest absolute Gasteiger partial charge is 0.341 e. The van der Waals surface area contributed by atoms with Gasteiger partial charge in [0.25, 0.3) is 5.56 Å². The molecule has 0 aliphatic carbocycles. The number of aromatic nitrogens is 1. The third-order valence-corrected chi connectivity index (χ3v) is 7.59. The fraction of sp³-hybridized carbons (Fsp3) is 0.161. The van der Waals surface area contributed by atoms with Crippen molar-refractivity contribution in [2.24, 2.45) is 4.99 Å². The third kappa shape index (κ3) is 5.17. The van der Waals surface area contributed by atoms with Crippen molar-refractivity contribution in [2.45, 2.75) is 13.0 Å². The summed E-state index contributed by atoms with van der Waals surface area (Å²) in [7, 11) is 0. The third-order valence-electron chi connectivity index (χ3n) is 6.60. The van der Waals surface area contributed by atoms with Gasteiger partial charge in [-0.2, -0.15) is 0 Å². The van der Waals surface area contributed by atoms with E-state index in [1.54, 1.807) is 55.5 Å². The van der Waals surface area contributed by atoms with Gasteiger partial charge in [0.1, 0.15) is 5.75 Å². The van der Waals surface area contributed by atoms with Gasteiger partial charge in [0, 0.05) is 5.56 Å². The Kier molecular flexibility index (Phi) is 7.32. The summed E-state index contributed by atoms with van der Waals surface area (Å²) < 4.78 is 23.8. The second kappa shape index (κ2) is 11.4. The standard InChI is InChI=1S/C31H24N2O8S/c1-2-38-30(37)26-27(19-8-4-3-5-9-19)32-31-33(28(26)20-11-12-22-23(15-20)41-17-40-22)29(36)24(42-31)14-18-7-6-10-21(13-18)39-16-25(34)35/h3-15,28H,2,16-17H2,1H3,(H,34,35)/b24-14-/t28-/m1/s1. The molecule has 0 bridgehead atoms. The number of thiazole rings is 1. The topological polar surface area (TPSA) is 126 Å². The van der Waals surface area contributed by atoms with Crippen LogP contribution in [0.5, 0.6) is 17.2 Å². The Morgan fingerprint density at radius 3 is 2.67 bits per heavy atom. The zero-order valence-corrected chi connectivity index (χ0v) is 23.1. The molecule has 0 saturated heterocycles. The highest BCUT2D eigenvalue weighted by molar-refractivity contribution is 7.07. The molecule has 0 unspecified atom stereocenters.